The van der Waals surface area contributed by atoms with Gasteiger partial charge in [0.1, 0.15) is 5.69 Å². The van der Waals surface area contributed by atoms with Crippen LogP contribution in [0, 0.1) is 0 Å². The SMILES string of the molecule is FC(F)(F)c1ccc(Nc2ccc3[nH]cc(C4CCNCC4)c3c2)cn1. The van der Waals surface area contributed by atoms with Crippen LogP contribution in [0.4, 0.5) is 24.5 Å². The number of aromatic amines is 1. The zero-order chi connectivity index (χ0) is 18.1. The smallest absolute Gasteiger partial charge is 0.361 e. The number of benzene rings is 1. The minimum atomic E-state index is -4.42. The molecule has 2 aromatic heterocycles. The van der Waals surface area contributed by atoms with Crippen molar-refractivity contribution in [1.82, 2.24) is 15.3 Å². The number of hydrogen-bond acceptors (Lipinski definition) is 3. The molecule has 3 N–H and O–H groups in total. The summed E-state index contributed by atoms with van der Waals surface area (Å²) in [5.41, 5.74) is 2.83. The van der Waals surface area contributed by atoms with Crippen LogP contribution in [0.5, 0.6) is 0 Å². The Balaban J connectivity index is 1.59. The second-order valence-electron chi connectivity index (χ2n) is 6.58. The predicted molar refractivity (Wildman–Crippen MR) is 95.7 cm³/mol. The lowest BCUT2D eigenvalue weighted by Gasteiger charge is -2.22. The number of fused-ring (bicyclic) bond motifs is 1. The number of nitrogens with one attached hydrogen (secondary N) is 3. The van der Waals surface area contributed by atoms with Crippen molar-refractivity contribution in [2.24, 2.45) is 0 Å². The third-order valence-corrected chi connectivity index (χ3v) is 4.84. The van der Waals surface area contributed by atoms with Gasteiger partial charge in [0.15, 0.2) is 0 Å². The maximum atomic E-state index is 12.6. The Morgan fingerprint density at radius 2 is 1.81 bits per heavy atom. The molecule has 0 amide bonds. The van der Waals surface area contributed by atoms with Gasteiger partial charge in [0.05, 0.1) is 11.9 Å². The molecule has 1 aromatic carbocycles. The Morgan fingerprint density at radius 1 is 1.04 bits per heavy atom. The van der Waals surface area contributed by atoms with Crippen molar-refractivity contribution < 1.29 is 13.2 Å². The molecule has 1 saturated heterocycles. The molecule has 0 bridgehead atoms. The number of pyridine rings is 1. The predicted octanol–water partition coefficient (Wildman–Crippen LogP) is 4.79. The summed E-state index contributed by atoms with van der Waals surface area (Å²) >= 11 is 0. The topological polar surface area (TPSA) is 52.7 Å². The summed E-state index contributed by atoms with van der Waals surface area (Å²) < 4.78 is 37.8. The number of alkyl halides is 3. The number of rotatable bonds is 3. The minimum Gasteiger partial charge on any atom is -0.361 e. The van der Waals surface area contributed by atoms with E-state index in [-0.39, 0.29) is 0 Å². The molecule has 0 radical (unpaired) electrons. The number of hydrogen-bond donors (Lipinski definition) is 3. The largest absolute Gasteiger partial charge is 0.433 e. The van der Waals surface area contributed by atoms with E-state index in [0.29, 0.717) is 11.6 Å². The summed E-state index contributed by atoms with van der Waals surface area (Å²) in [5, 5.41) is 7.67. The Morgan fingerprint density at radius 3 is 2.50 bits per heavy atom. The van der Waals surface area contributed by atoms with E-state index < -0.39 is 11.9 Å². The molecule has 1 aliphatic rings. The molecule has 0 unspecified atom stereocenters. The molecule has 136 valence electrons. The van der Waals surface area contributed by atoms with Gasteiger partial charge in [-0.3, -0.25) is 0 Å². The third-order valence-electron chi connectivity index (χ3n) is 4.84. The van der Waals surface area contributed by atoms with Crippen LogP contribution in [0.15, 0.2) is 42.7 Å². The zero-order valence-electron chi connectivity index (χ0n) is 14.0. The van der Waals surface area contributed by atoms with E-state index in [1.54, 1.807) is 0 Å². The molecule has 4 rings (SSSR count). The normalized spacial score (nSPS) is 16.1. The highest BCUT2D eigenvalue weighted by Gasteiger charge is 2.32. The van der Waals surface area contributed by atoms with E-state index in [2.05, 4.69) is 26.8 Å². The fourth-order valence-electron chi connectivity index (χ4n) is 3.49. The van der Waals surface area contributed by atoms with Crippen LogP contribution in [0.3, 0.4) is 0 Å². The number of aromatic nitrogens is 2. The van der Waals surface area contributed by atoms with Crippen molar-refractivity contribution in [2.75, 3.05) is 18.4 Å². The van der Waals surface area contributed by atoms with Crippen LogP contribution in [-0.4, -0.2) is 23.1 Å². The Kier molecular flexibility index (Phi) is 4.32. The number of anilines is 2. The number of H-pyrrole nitrogens is 1. The van der Waals surface area contributed by atoms with Crippen molar-refractivity contribution in [3.8, 4) is 0 Å². The van der Waals surface area contributed by atoms with Crippen molar-refractivity contribution in [2.45, 2.75) is 24.9 Å². The van der Waals surface area contributed by atoms with Gasteiger partial charge >= 0.3 is 6.18 Å². The van der Waals surface area contributed by atoms with Gasteiger partial charge in [0.2, 0.25) is 0 Å². The molecule has 1 fully saturated rings. The van der Waals surface area contributed by atoms with Gasteiger partial charge in [-0.1, -0.05) is 0 Å². The average Bonchev–Trinajstić information content (AvgIpc) is 3.05. The molecule has 0 aliphatic carbocycles. The van der Waals surface area contributed by atoms with Crippen LogP contribution in [0.2, 0.25) is 0 Å². The summed E-state index contributed by atoms with van der Waals surface area (Å²) in [6, 6.07) is 8.31. The molecule has 1 aliphatic heterocycles. The van der Waals surface area contributed by atoms with Crippen LogP contribution in [-0.2, 0) is 6.18 Å². The minimum absolute atomic E-state index is 0.521. The zero-order valence-corrected chi connectivity index (χ0v) is 14.0. The number of nitrogens with zero attached hydrogens (tertiary/aromatic N) is 1. The van der Waals surface area contributed by atoms with Gasteiger partial charge in [-0.05, 0) is 67.7 Å². The lowest BCUT2D eigenvalue weighted by molar-refractivity contribution is -0.141. The number of piperidine rings is 1. The molecule has 0 atom stereocenters. The maximum absolute atomic E-state index is 12.6. The van der Waals surface area contributed by atoms with E-state index in [1.807, 2.05) is 18.2 Å². The van der Waals surface area contributed by atoms with Gasteiger partial charge in [-0.25, -0.2) is 4.98 Å². The summed E-state index contributed by atoms with van der Waals surface area (Å²) in [6.45, 7) is 2.04. The fraction of sp³-hybridized carbons (Fsp3) is 0.316. The highest BCUT2D eigenvalue weighted by molar-refractivity contribution is 5.87. The Bertz CT molecular complexity index is 893. The van der Waals surface area contributed by atoms with Crippen LogP contribution in [0.25, 0.3) is 10.9 Å². The molecule has 0 spiro atoms. The summed E-state index contributed by atoms with van der Waals surface area (Å²) in [6.07, 6.45) is 1.06. The van der Waals surface area contributed by atoms with E-state index in [9.17, 15) is 13.2 Å². The van der Waals surface area contributed by atoms with E-state index in [4.69, 9.17) is 0 Å². The molecular formula is C19H19F3N4. The molecular weight excluding hydrogens is 341 g/mol. The Hall–Kier alpha value is -2.54. The van der Waals surface area contributed by atoms with Crippen LogP contribution < -0.4 is 10.6 Å². The van der Waals surface area contributed by atoms with E-state index in [1.165, 1.54) is 17.8 Å². The van der Waals surface area contributed by atoms with Gasteiger partial charge in [-0.2, -0.15) is 13.2 Å². The van der Waals surface area contributed by atoms with Gasteiger partial charge < -0.3 is 15.6 Å². The number of halogens is 3. The van der Waals surface area contributed by atoms with E-state index >= 15 is 0 Å². The molecule has 0 saturated carbocycles. The first kappa shape index (κ1) is 16.9. The van der Waals surface area contributed by atoms with Crippen molar-refractivity contribution in [1.29, 1.82) is 0 Å². The fourth-order valence-corrected chi connectivity index (χ4v) is 3.49. The van der Waals surface area contributed by atoms with Gasteiger partial charge in [0, 0.05) is 22.8 Å². The molecule has 7 heteroatoms. The first-order chi connectivity index (χ1) is 12.5. The third kappa shape index (κ3) is 3.39. The van der Waals surface area contributed by atoms with Crippen molar-refractivity contribution in [3.05, 3.63) is 54.0 Å². The Labute approximate surface area is 148 Å². The molecule has 3 aromatic rings. The second kappa shape index (κ2) is 6.64. The summed E-state index contributed by atoms with van der Waals surface area (Å²) in [4.78, 5) is 6.80. The molecule has 26 heavy (non-hydrogen) atoms. The van der Waals surface area contributed by atoms with Gasteiger partial charge in [0.25, 0.3) is 0 Å². The lowest BCUT2D eigenvalue weighted by atomic mass is 9.90. The van der Waals surface area contributed by atoms with Crippen LogP contribution in [0.1, 0.15) is 30.0 Å². The molecule has 3 heterocycles. The molecule has 4 nitrogen and oxygen atoms in total. The van der Waals surface area contributed by atoms with Crippen molar-refractivity contribution >= 4 is 22.3 Å². The van der Waals surface area contributed by atoms with Gasteiger partial charge in [-0.15, -0.1) is 0 Å². The first-order valence-corrected chi connectivity index (χ1v) is 8.63. The standard InChI is InChI=1S/C19H19F3N4/c20-19(21,22)18-4-2-14(10-25-18)26-13-1-3-17-15(9-13)16(11-24-17)12-5-7-23-8-6-12/h1-4,9-12,23-24,26H,5-8H2. The monoisotopic (exact) mass is 360 g/mol. The highest BCUT2D eigenvalue weighted by atomic mass is 19.4. The summed E-state index contributed by atoms with van der Waals surface area (Å²) in [7, 11) is 0. The lowest BCUT2D eigenvalue weighted by Crippen LogP contribution is -2.26. The quantitative estimate of drug-likeness (QED) is 0.629. The van der Waals surface area contributed by atoms with Crippen LogP contribution >= 0.6 is 0 Å². The maximum Gasteiger partial charge on any atom is 0.433 e. The average molecular weight is 360 g/mol. The first-order valence-electron chi connectivity index (χ1n) is 8.63. The summed E-state index contributed by atoms with van der Waals surface area (Å²) in [5.74, 6) is 0.521. The highest BCUT2D eigenvalue weighted by Crippen LogP contribution is 2.33. The van der Waals surface area contributed by atoms with Crippen molar-refractivity contribution in [3.63, 3.8) is 0 Å². The second-order valence-corrected chi connectivity index (χ2v) is 6.58. The van der Waals surface area contributed by atoms with E-state index in [0.717, 1.165) is 48.6 Å².